The number of hydrogen-bond acceptors (Lipinski definition) is 2. The molecule has 0 aromatic carbocycles. The fraction of sp³-hybridized carbons (Fsp3) is 0.875. The summed E-state index contributed by atoms with van der Waals surface area (Å²) in [5.74, 6) is -3.08. The van der Waals surface area contributed by atoms with Gasteiger partial charge in [-0.05, 0) is 13.3 Å². The van der Waals surface area contributed by atoms with Crippen LogP contribution in [0.2, 0.25) is 0 Å². The standard InChI is InChI=1S/C8H14F2N2O/c1-5(7(11)13)12-6-2-3-8(9,10)4-6/h5-6,12H,2-4H2,1H3,(H2,11,13). The Bertz CT molecular complexity index is 208. The van der Waals surface area contributed by atoms with Crippen molar-refractivity contribution in [1.29, 1.82) is 0 Å². The van der Waals surface area contributed by atoms with Gasteiger partial charge in [0, 0.05) is 18.9 Å². The Balaban J connectivity index is 2.36. The SMILES string of the molecule is CC(NC1CCC(F)(F)C1)C(N)=O. The van der Waals surface area contributed by atoms with Gasteiger partial charge in [0.2, 0.25) is 11.8 Å². The highest BCUT2D eigenvalue weighted by Gasteiger charge is 2.39. The van der Waals surface area contributed by atoms with E-state index in [-0.39, 0.29) is 18.9 Å². The first-order valence-electron chi connectivity index (χ1n) is 4.34. The van der Waals surface area contributed by atoms with Crippen LogP contribution in [0.4, 0.5) is 8.78 Å². The molecule has 1 fully saturated rings. The number of carbonyl (C=O) groups excluding carboxylic acids is 1. The van der Waals surface area contributed by atoms with Gasteiger partial charge in [-0.2, -0.15) is 0 Å². The molecular formula is C8H14F2N2O. The molecule has 2 atom stereocenters. The third-order valence-corrected chi connectivity index (χ3v) is 2.32. The smallest absolute Gasteiger partial charge is 0.249 e. The average molecular weight is 192 g/mol. The summed E-state index contributed by atoms with van der Waals surface area (Å²) in [5.41, 5.74) is 4.99. The lowest BCUT2D eigenvalue weighted by atomic mass is 10.2. The maximum Gasteiger partial charge on any atom is 0.249 e. The van der Waals surface area contributed by atoms with Crippen molar-refractivity contribution in [1.82, 2.24) is 5.32 Å². The van der Waals surface area contributed by atoms with E-state index >= 15 is 0 Å². The summed E-state index contributed by atoms with van der Waals surface area (Å²) in [6, 6.07) is -0.809. The summed E-state index contributed by atoms with van der Waals surface area (Å²) in [6.07, 6.45) is 0.116. The van der Waals surface area contributed by atoms with Crippen molar-refractivity contribution in [3.8, 4) is 0 Å². The van der Waals surface area contributed by atoms with Crippen LogP contribution in [0.15, 0.2) is 0 Å². The van der Waals surface area contributed by atoms with E-state index in [9.17, 15) is 13.6 Å². The van der Waals surface area contributed by atoms with Gasteiger partial charge in [0.15, 0.2) is 0 Å². The van der Waals surface area contributed by atoms with E-state index in [4.69, 9.17) is 5.73 Å². The van der Waals surface area contributed by atoms with Gasteiger partial charge in [-0.15, -0.1) is 0 Å². The summed E-state index contributed by atoms with van der Waals surface area (Å²) in [7, 11) is 0. The van der Waals surface area contributed by atoms with Crippen molar-refractivity contribution >= 4 is 5.91 Å². The monoisotopic (exact) mass is 192 g/mol. The molecule has 0 spiro atoms. The molecule has 13 heavy (non-hydrogen) atoms. The highest BCUT2D eigenvalue weighted by Crippen LogP contribution is 2.34. The zero-order chi connectivity index (χ0) is 10.1. The zero-order valence-electron chi connectivity index (χ0n) is 7.52. The van der Waals surface area contributed by atoms with Crippen LogP contribution in [0.25, 0.3) is 0 Å². The summed E-state index contributed by atoms with van der Waals surface area (Å²) < 4.78 is 25.4. The van der Waals surface area contributed by atoms with Gasteiger partial charge in [0.25, 0.3) is 0 Å². The van der Waals surface area contributed by atoms with Gasteiger partial charge in [-0.1, -0.05) is 0 Å². The first-order valence-corrected chi connectivity index (χ1v) is 4.34. The van der Waals surface area contributed by atoms with Crippen LogP contribution in [0.5, 0.6) is 0 Å². The number of amides is 1. The van der Waals surface area contributed by atoms with Crippen molar-refractivity contribution < 1.29 is 13.6 Å². The molecular weight excluding hydrogens is 178 g/mol. The Kier molecular flexibility index (Phi) is 2.85. The van der Waals surface area contributed by atoms with E-state index in [0.717, 1.165) is 0 Å². The minimum atomic E-state index is -2.57. The van der Waals surface area contributed by atoms with E-state index in [1.165, 1.54) is 0 Å². The van der Waals surface area contributed by atoms with Crippen molar-refractivity contribution in [3.63, 3.8) is 0 Å². The Morgan fingerprint density at radius 2 is 2.31 bits per heavy atom. The van der Waals surface area contributed by atoms with Gasteiger partial charge >= 0.3 is 0 Å². The van der Waals surface area contributed by atoms with Gasteiger partial charge in [0.05, 0.1) is 6.04 Å². The average Bonchev–Trinajstić information content (AvgIpc) is 2.30. The van der Waals surface area contributed by atoms with E-state index in [0.29, 0.717) is 6.42 Å². The van der Waals surface area contributed by atoms with Crippen LogP contribution < -0.4 is 11.1 Å². The number of rotatable bonds is 3. The molecule has 0 radical (unpaired) electrons. The van der Waals surface area contributed by atoms with E-state index in [1.807, 2.05) is 0 Å². The number of alkyl halides is 2. The van der Waals surface area contributed by atoms with Crippen molar-refractivity contribution in [3.05, 3.63) is 0 Å². The van der Waals surface area contributed by atoms with Crippen molar-refractivity contribution in [2.75, 3.05) is 0 Å². The van der Waals surface area contributed by atoms with Crippen molar-refractivity contribution in [2.24, 2.45) is 5.73 Å². The van der Waals surface area contributed by atoms with Crippen LogP contribution in [-0.4, -0.2) is 23.9 Å². The molecule has 0 bridgehead atoms. The second-order valence-corrected chi connectivity index (χ2v) is 3.59. The molecule has 0 aliphatic heterocycles. The molecule has 1 aliphatic rings. The second kappa shape index (κ2) is 3.57. The molecule has 1 amide bonds. The van der Waals surface area contributed by atoms with Crippen LogP contribution in [0.1, 0.15) is 26.2 Å². The van der Waals surface area contributed by atoms with Crippen LogP contribution in [0.3, 0.4) is 0 Å². The Labute approximate surface area is 75.7 Å². The lowest BCUT2D eigenvalue weighted by molar-refractivity contribution is -0.119. The molecule has 1 aliphatic carbocycles. The normalized spacial score (nSPS) is 28.7. The fourth-order valence-electron chi connectivity index (χ4n) is 1.53. The van der Waals surface area contributed by atoms with Gasteiger partial charge in [0.1, 0.15) is 0 Å². The molecule has 0 saturated heterocycles. The number of halogens is 2. The van der Waals surface area contributed by atoms with Crippen molar-refractivity contribution in [2.45, 2.75) is 44.2 Å². The topological polar surface area (TPSA) is 55.1 Å². The number of nitrogens with two attached hydrogens (primary N) is 1. The second-order valence-electron chi connectivity index (χ2n) is 3.59. The maximum atomic E-state index is 12.7. The number of nitrogens with one attached hydrogen (secondary N) is 1. The Morgan fingerprint density at radius 1 is 1.69 bits per heavy atom. The molecule has 2 unspecified atom stereocenters. The molecule has 0 aromatic heterocycles. The molecule has 5 heteroatoms. The number of hydrogen-bond donors (Lipinski definition) is 2. The third kappa shape index (κ3) is 2.91. The summed E-state index contributed by atoms with van der Waals surface area (Å²) in [5, 5.41) is 2.78. The minimum Gasteiger partial charge on any atom is -0.368 e. The quantitative estimate of drug-likeness (QED) is 0.689. The lowest BCUT2D eigenvalue weighted by Crippen LogP contribution is -2.43. The molecule has 1 rings (SSSR count). The van der Waals surface area contributed by atoms with Gasteiger partial charge in [-0.3, -0.25) is 4.79 Å². The molecule has 0 aromatic rings. The molecule has 0 heterocycles. The van der Waals surface area contributed by atoms with Crippen LogP contribution in [0, 0.1) is 0 Å². The molecule has 3 N–H and O–H groups in total. The van der Waals surface area contributed by atoms with Gasteiger partial charge < -0.3 is 11.1 Å². The highest BCUT2D eigenvalue weighted by atomic mass is 19.3. The first-order chi connectivity index (χ1) is 5.91. The van der Waals surface area contributed by atoms with E-state index in [2.05, 4.69) is 5.32 Å². The van der Waals surface area contributed by atoms with E-state index < -0.39 is 17.9 Å². The largest absolute Gasteiger partial charge is 0.368 e. The zero-order valence-corrected chi connectivity index (χ0v) is 7.52. The van der Waals surface area contributed by atoms with Crippen LogP contribution in [-0.2, 0) is 4.79 Å². The summed E-state index contributed by atoms with van der Waals surface area (Å²) in [4.78, 5) is 10.6. The summed E-state index contributed by atoms with van der Waals surface area (Å²) in [6.45, 7) is 1.58. The predicted octanol–water partition coefficient (Wildman–Crippen LogP) is 0.638. The lowest BCUT2D eigenvalue weighted by Gasteiger charge is -2.16. The Hall–Kier alpha value is -0.710. The minimum absolute atomic E-state index is 0.101. The predicted molar refractivity (Wildman–Crippen MR) is 44.4 cm³/mol. The van der Waals surface area contributed by atoms with E-state index in [1.54, 1.807) is 6.92 Å². The fourth-order valence-corrected chi connectivity index (χ4v) is 1.53. The Morgan fingerprint density at radius 3 is 2.69 bits per heavy atom. The third-order valence-electron chi connectivity index (χ3n) is 2.32. The molecule has 3 nitrogen and oxygen atoms in total. The number of primary amides is 1. The van der Waals surface area contributed by atoms with Crippen LogP contribution >= 0.6 is 0 Å². The molecule has 76 valence electrons. The summed E-state index contributed by atoms with van der Waals surface area (Å²) >= 11 is 0. The highest BCUT2D eigenvalue weighted by molar-refractivity contribution is 5.79. The number of carbonyl (C=O) groups is 1. The van der Waals surface area contributed by atoms with Gasteiger partial charge in [-0.25, -0.2) is 8.78 Å². The maximum absolute atomic E-state index is 12.7. The first kappa shape index (κ1) is 10.4. The molecule has 1 saturated carbocycles.